The van der Waals surface area contributed by atoms with Gasteiger partial charge in [0, 0.05) is 20.1 Å². The summed E-state index contributed by atoms with van der Waals surface area (Å²) >= 11 is 1.14. The van der Waals surface area contributed by atoms with Crippen molar-refractivity contribution >= 4 is 37.1 Å². The quantitative estimate of drug-likeness (QED) is 0.794. The Morgan fingerprint density at radius 1 is 1.32 bits per heavy atom. The van der Waals surface area contributed by atoms with Gasteiger partial charge in [0.2, 0.25) is 5.91 Å². The van der Waals surface area contributed by atoms with E-state index in [1.807, 2.05) is 0 Å². The molecule has 10 heteroatoms. The lowest BCUT2D eigenvalue weighted by Gasteiger charge is -2.30. The highest BCUT2D eigenvalue weighted by molar-refractivity contribution is 7.92. The fourth-order valence-corrected chi connectivity index (χ4v) is 6.63. The van der Waals surface area contributed by atoms with Crippen LogP contribution in [0.15, 0.2) is 21.7 Å². The Bertz CT molecular complexity index is 717. The van der Waals surface area contributed by atoms with Crippen LogP contribution >= 0.6 is 11.3 Å². The van der Waals surface area contributed by atoms with Crippen LogP contribution in [0.1, 0.15) is 12.8 Å². The van der Waals surface area contributed by atoms with Gasteiger partial charge in [0.15, 0.2) is 9.84 Å². The highest BCUT2D eigenvalue weighted by Crippen LogP contribution is 2.26. The fourth-order valence-electron chi connectivity index (χ4n) is 2.34. The Morgan fingerprint density at radius 2 is 1.95 bits per heavy atom. The molecule has 0 saturated carbocycles. The van der Waals surface area contributed by atoms with Crippen molar-refractivity contribution in [3.05, 3.63) is 17.5 Å². The van der Waals surface area contributed by atoms with Crippen LogP contribution in [0.5, 0.6) is 0 Å². The molecule has 124 valence electrons. The minimum Gasteiger partial charge on any atom is -0.358 e. The number of amides is 1. The zero-order chi connectivity index (χ0) is 16.4. The molecule has 1 N–H and O–H groups in total. The second kappa shape index (κ2) is 6.65. The first-order chi connectivity index (χ1) is 10.3. The van der Waals surface area contributed by atoms with Crippen LogP contribution in [0, 0.1) is 0 Å². The number of nitrogens with zero attached hydrogens (tertiary/aromatic N) is 1. The van der Waals surface area contributed by atoms with Crippen molar-refractivity contribution in [1.29, 1.82) is 0 Å². The van der Waals surface area contributed by atoms with Gasteiger partial charge >= 0.3 is 0 Å². The Morgan fingerprint density at radius 3 is 2.45 bits per heavy atom. The van der Waals surface area contributed by atoms with E-state index in [0.717, 1.165) is 11.3 Å². The first-order valence-corrected chi connectivity index (χ1v) is 10.8. The number of hydrogen-bond donors (Lipinski definition) is 1. The minimum absolute atomic E-state index is 0.151. The predicted molar refractivity (Wildman–Crippen MR) is 84.0 cm³/mol. The summed E-state index contributed by atoms with van der Waals surface area (Å²) < 4.78 is 50.5. The highest BCUT2D eigenvalue weighted by atomic mass is 32.2. The fraction of sp³-hybridized carbons (Fsp3) is 0.583. The lowest BCUT2D eigenvalue weighted by atomic mass is 10.2. The van der Waals surface area contributed by atoms with Crippen molar-refractivity contribution in [1.82, 2.24) is 9.62 Å². The summed E-state index contributed by atoms with van der Waals surface area (Å²) in [5.41, 5.74) is 0. The van der Waals surface area contributed by atoms with Gasteiger partial charge in [-0.3, -0.25) is 4.79 Å². The third-order valence-electron chi connectivity index (χ3n) is 3.61. The molecular weight excluding hydrogens is 348 g/mol. The number of rotatable bonds is 5. The van der Waals surface area contributed by atoms with Crippen LogP contribution in [-0.2, 0) is 24.7 Å². The molecule has 2 rings (SSSR count). The van der Waals surface area contributed by atoms with Crippen molar-refractivity contribution in [2.24, 2.45) is 0 Å². The maximum atomic E-state index is 12.4. The normalized spacial score (nSPS) is 18.2. The molecule has 1 aliphatic heterocycles. The van der Waals surface area contributed by atoms with Crippen LogP contribution in [0.3, 0.4) is 0 Å². The summed E-state index contributed by atoms with van der Waals surface area (Å²) in [5.74, 6) is -1.10. The second-order valence-corrected chi connectivity index (χ2v) is 10.4. The topological polar surface area (TPSA) is 101 Å². The summed E-state index contributed by atoms with van der Waals surface area (Å²) in [6.07, 6.45) is 0.424. The van der Waals surface area contributed by atoms with Crippen molar-refractivity contribution in [3.8, 4) is 0 Å². The molecule has 7 nitrogen and oxygen atoms in total. The van der Waals surface area contributed by atoms with Crippen LogP contribution < -0.4 is 5.32 Å². The number of carbonyl (C=O) groups is 1. The second-order valence-electron chi connectivity index (χ2n) is 5.02. The first-order valence-electron chi connectivity index (χ1n) is 6.73. The van der Waals surface area contributed by atoms with Crippen molar-refractivity contribution in [2.75, 3.05) is 25.9 Å². The van der Waals surface area contributed by atoms with Crippen molar-refractivity contribution in [2.45, 2.75) is 22.3 Å². The highest BCUT2D eigenvalue weighted by Gasteiger charge is 2.35. The largest absolute Gasteiger partial charge is 0.358 e. The van der Waals surface area contributed by atoms with E-state index in [2.05, 4.69) is 5.32 Å². The van der Waals surface area contributed by atoms with Gasteiger partial charge in [-0.05, 0) is 24.3 Å². The average molecular weight is 366 g/mol. The standard InChI is InChI=1S/C12H18N2O5S3/c1-13-11(15)9-21(16,17)10-4-6-14(7-5-10)22(18,19)12-3-2-8-20-12/h2-3,8,10H,4-7,9H2,1H3,(H,13,15). The minimum atomic E-state index is -3.55. The number of sulfonamides is 1. The molecule has 0 aliphatic carbocycles. The molecule has 1 saturated heterocycles. The molecule has 0 atom stereocenters. The lowest BCUT2D eigenvalue weighted by Crippen LogP contribution is -2.44. The third-order valence-corrected chi connectivity index (χ3v) is 9.03. The molecule has 0 bridgehead atoms. The van der Waals surface area contributed by atoms with E-state index in [1.165, 1.54) is 17.4 Å². The van der Waals surface area contributed by atoms with Crippen molar-refractivity contribution in [3.63, 3.8) is 0 Å². The summed E-state index contributed by atoms with van der Waals surface area (Å²) in [6, 6.07) is 3.20. The molecule has 2 heterocycles. The van der Waals surface area contributed by atoms with Gasteiger partial charge in [0.1, 0.15) is 9.96 Å². The molecule has 0 spiro atoms. The van der Waals surface area contributed by atoms with E-state index in [-0.39, 0.29) is 30.1 Å². The van der Waals surface area contributed by atoms with Gasteiger partial charge in [0.25, 0.3) is 10.0 Å². The average Bonchev–Trinajstić information content (AvgIpc) is 3.02. The van der Waals surface area contributed by atoms with E-state index < -0.39 is 36.8 Å². The van der Waals surface area contributed by atoms with Crippen LogP contribution in [0.25, 0.3) is 0 Å². The zero-order valence-electron chi connectivity index (χ0n) is 12.1. The van der Waals surface area contributed by atoms with Gasteiger partial charge in [0.05, 0.1) is 5.25 Å². The Labute approximate surface area is 134 Å². The summed E-state index contributed by atoms with van der Waals surface area (Å²) in [5, 5.41) is 3.31. The predicted octanol–water partition coefficient (Wildman–Crippen LogP) is 0.0620. The molecule has 0 radical (unpaired) electrons. The summed E-state index contributed by atoms with van der Waals surface area (Å²) in [4.78, 5) is 11.3. The third kappa shape index (κ3) is 3.67. The molecule has 1 fully saturated rings. The number of thiophene rings is 1. The van der Waals surface area contributed by atoms with Gasteiger partial charge in [-0.2, -0.15) is 4.31 Å². The van der Waals surface area contributed by atoms with E-state index in [1.54, 1.807) is 11.4 Å². The molecule has 0 unspecified atom stereocenters. The van der Waals surface area contributed by atoms with Gasteiger partial charge < -0.3 is 5.32 Å². The Balaban J connectivity index is 2.03. The van der Waals surface area contributed by atoms with Crippen LogP contribution in [0.4, 0.5) is 0 Å². The monoisotopic (exact) mass is 366 g/mol. The van der Waals surface area contributed by atoms with E-state index in [4.69, 9.17) is 0 Å². The van der Waals surface area contributed by atoms with Crippen LogP contribution in [0.2, 0.25) is 0 Å². The summed E-state index contributed by atoms with van der Waals surface area (Å²) in [6.45, 7) is 0.301. The number of carbonyl (C=O) groups excluding carboxylic acids is 1. The van der Waals surface area contributed by atoms with Gasteiger partial charge in [-0.1, -0.05) is 6.07 Å². The molecular formula is C12H18N2O5S3. The number of nitrogens with one attached hydrogen (secondary N) is 1. The maximum absolute atomic E-state index is 12.4. The molecule has 1 aliphatic rings. The van der Waals surface area contributed by atoms with E-state index in [0.29, 0.717) is 0 Å². The van der Waals surface area contributed by atoms with Gasteiger partial charge in [-0.15, -0.1) is 11.3 Å². The molecule has 22 heavy (non-hydrogen) atoms. The zero-order valence-corrected chi connectivity index (χ0v) is 14.5. The number of hydrogen-bond acceptors (Lipinski definition) is 6. The molecule has 1 aromatic rings. The van der Waals surface area contributed by atoms with E-state index in [9.17, 15) is 21.6 Å². The van der Waals surface area contributed by atoms with Gasteiger partial charge in [-0.25, -0.2) is 16.8 Å². The summed E-state index contributed by atoms with van der Waals surface area (Å²) in [7, 11) is -5.70. The SMILES string of the molecule is CNC(=O)CS(=O)(=O)C1CCN(S(=O)(=O)c2cccs2)CC1. The van der Waals surface area contributed by atoms with E-state index >= 15 is 0 Å². The Kier molecular flexibility index (Phi) is 5.25. The van der Waals surface area contributed by atoms with Crippen molar-refractivity contribution < 1.29 is 21.6 Å². The Hall–Kier alpha value is -0.970. The first kappa shape index (κ1) is 17.4. The maximum Gasteiger partial charge on any atom is 0.252 e. The molecule has 0 aromatic carbocycles. The molecule has 1 amide bonds. The smallest absolute Gasteiger partial charge is 0.252 e. The number of sulfone groups is 1. The number of piperidine rings is 1. The van der Waals surface area contributed by atoms with Crippen LogP contribution in [-0.4, -0.2) is 58.2 Å². The molecule has 1 aromatic heterocycles. The lowest BCUT2D eigenvalue weighted by molar-refractivity contribution is -0.118.